The molecule has 0 aliphatic carbocycles. The summed E-state index contributed by atoms with van der Waals surface area (Å²) in [6.07, 6.45) is 0. The van der Waals surface area contributed by atoms with E-state index in [0.717, 1.165) is 11.3 Å². The van der Waals surface area contributed by atoms with Gasteiger partial charge in [0.2, 0.25) is 0 Å². The number of rotatable bonds is 3. The lowest BCUT2D eigenvalue weighted by Crippen LogP contribution is -2.19. The van der Waals surface area contributed by atoms with Gasteiger partial charge in [-0.25, -0.2) is 4.68 Å². The first-order chi connectivity index (χ1) is 11.5. The molecule has 0 amide bonds. The molecule has 0 aliphatic rings. The zero-order chi connectivity index (χ0) is 17.3. The molecule has 122 valence electrons. The Hall–Kier alpha value is -3.15. The average molecular weight is 322 g/mol. The summed E-state index contributed by atoms with van der Waals surface area (Å²) in [7, 11) is 1.80. The van der Waals surface area contributed by atoms with Crippen LogP contribution in [-0.2, 0) is 7.05 Å². The van der Waals surface area contributed by atoms with Gasteiger partial charge in [0.15, 0.2) is 5.69 Å². The minimum Gasteiger partial charge on any atom is -0.506 e. The number of aryl methyl sites for hydroxylation is 1. The highest BCUT2D eigenvalue weighted by molar-refractivity contribution is 5.53. The van der Waals surface area contributed by atoms with Gasteiger partial charge < -0.3 is 5.11 Å². The summed E-state index contributed by atoms with van der Waals surface area (Å²) in [6.45, 7) is 3.71. The standard InChI is InChI=1S/C18H18N4O2/c1-12-9-10-16(23)15(11-12)19-20-17-13(2)21(3)22(18(17)24)14-7-5-4-6-8-14/h4-11,23H,1-3H3. The van der Waals surface area contributed by atoms with Crippen molar-refractivity contribution >= 4 is 11.4 Å². The van der Waals surface area contributed by atoms with Crippen molar-refractivity contribution in [3.63, 3.8) is 0 Å². The van der Waals surface area contributed by atoms with Gasteiger partial charge in [-0.2, -0.15) is 0 Å². The SMILES string of the molecule is Cc1ccc(O)c(N=Nc2c(C)n(C)n(-c3ccccc3)c2=O)c1. The predicted molar refractivity (Wildman–Crippen MR) is 92.8 cm³/mol. The van der Waals surface area contributed by atoms with Crippen molar-refractivity contribution in [3.8, 4) is 11.4 Å². The van der Waals surface area contributed by atoms with Gasteiger partial charge in [0.05, 0.1) is 11.4 Å². The summed E-state index contributed by atoms with van der Waals surface area (Å²) >= 11 is 0. The second kappa shape index (κ2) is 6.16. The van der Waals surface area contributed by atoms with Gasteiger partial charge in [0, 0.05) is 7.05 Å². The van der Waals surface area contributed by atoms with Gasteiger partial charge in [0.1, 0.15) is 11.4 Å². The minimum atomic E-state index is -0.253. The number of hydrogen-bond acceptors (Lipinski definition) is 4. The first kappa shape index (κ1) is 15.7. The average Bonchev–Trinajstić information content (AvgIpc) is 2.79. The first-order valence-corrected chi connectivity index (χ1v) is 7.54. The maximum atomic E-state index is 12.7. The van der Waals surface area contributed by atoms with Crippen LogP contribution in [0.2, 0.25) is 0 Å². The molecule has 1 heterocycles. The molecule has 0 spiro atoms. The monoisotopic (exact) mass is 322 g/mol. The number of benzene rings is 2. The Morgan fingerprint density at radius 1 is 1.00 bits per heavy atom. The van der Waals surface area contributed by atoms with Crippen molar-refractivity contribution in [2.45, 2.75) is 13.8 Å². The quantitative estimate of drug-likeness (QED) is 0.742. The van der Waals surface area contributed by atoms with Crippen LogP contribution in [0.4, 0.5) is 11.4 Å². The smallest absolute Gasteiger partial charge is 0.299 e. The third kappa shape index (κ3) is 2.74. The van der Waals surface area contributed by atoms with Gasteiger partial charge in [-0.15, -0.1) is 10.2 Å². The molecule has 2 aromatic carbocycles. The van der Waals surface area contributed by atoms with E-state index in [4.69, 9.17) is 0 Å². The number of azo groups is 1. The minimum absolute atomic E-state index is 0.0290. The highest BCUT2D eigenvalue weighted by Crippen LogP contribution is 2.29. The molecule has 0 unspecified atom stereocenters. The number of phenolic OH excluding ortho intramolecular Hbond substituents is 1. The molecule has 0 fully saturated rings. The van der Waals surface area contributed by atoms with Crippen LogP contribution in [0.25, 0.3) is 5.69 Å². The maximum Gasteiger partial charge on any atom is 0.299 e. The topological polar surface area (TPSA) is 71.9 Å². The summed E-state index contributed by atoms with van der Waals surface area (Å²) in [4.78, 5) is 12.7. The number of hydrogen-bond donors (Lipinski definition) is 1. The maximum absolute atomic E-state index is 12.7. The zero-order valence-electron chi connectivity index (χ0n) is 13.8. The van der Waals surface area contributed by atoms with E-state index in [-0.39, 0.29) is 17.0 Å². The van der Waals surface area contributed by atoms with Crippen LogP contribution in [0.15, 0.2) is 63.6 Å². The van der Waals surface area contributed by atoms with Crippen LogP contribution >= 0.6 is 0 Å². The number of aromatic nitrogens is 2. The summed E-state index contributed by atoms with van der Waals surface area (Å²) in [5.74, 6) is 0.0290. The van der Waals surface area contributed by atoms with Gasteiger partial charge >= 0.3 is 0 Å². The van der Waals surface area contributed by atoms with E-state index >= 15 is 0 Å². The van der Waals surface area contributed by atoms with Crippen LogP contribution < -0.4 is 5.56 Å². The van der Waals surface area contributed by atoms with Crippen molar-refractivity contribution in [2.24, 2.45) is 17.3 Å². The Balaban J connectivity index is 2.09. The molecule has 0 aliphatic heterocycles. The fraction of sp³-hybridized carbons (Fsp3) is 0.167. The normalized spacial score (nSPS) is 11.3. The highest BCUT2D eigenvalue weighted by atomic mass is 16.3. The molecule has 3 aromatic rings. The lowest BCUT2D eigenvalue weighted by Gasteiger charge is -2.07. The van der Waals surface area contributed by atoms with Crippen LogP contribution in [0, 0.1) is 13.8 Å². The predicted octanol–water partition coefficient (Wildman–Crippen LogP) is 3.91. The number of nitrogens with zero attached hydrogens (tertiary/aromatic N) is 4. The van der Waals surface area contributed by atoms with Crippen molar-refractivity contribution in [1.82, 2.24) is 9.36 Å². The fourth-order valence-corrected chi connectivity index (χ4v) is 2.49. The fourth-order valence-electron chi connectivity index (χ4n) is 2.49. The van der Waals surface area contributed by atoms with Crippen LogP contribution in [-0.4, -0.2) is 14.5 Å². The summed E-state index contributed by atoms with van der Waals surface area (Å²) in [5, 5.41) is 18.0. The Bertz CT molecular complexity index is 969. The lowest BCUT2D eigenvalue weighted by atomic mass is 10.2. The van der Waals surface area contributed by atoms with Crippen LogP contribution in [0.3, 0.4) is 0 Å². The van der Waals surface area contributed by atoms with Crippen LogP contribution in [0.5, 0.6) is 5.75 Å². The van der Waals surface area contributed by atoms with Gasteiger partial charge in [-0.3, -0.25) is 9.48 Å². The lowest BCUT2D eigenvalue weighted by molar-refractivity contribution is 0.476. The zero-order valence-corrected chi connectivity index (χ0v) is 13.8. The molecule has 0 bridgehead atoms. The first-order valence-electron chi connectivity index (χ1n) is 7.54. The molecule has 1 aromatic heterocycles. The summed E-state index contributed by atoms with van der Waals surface area (Å²) < 4.78 is 3.28. The van der Waals surface area contributed by atoms with Crippen molar-refractivity contribution in [3.05, 3.63) is 70.1 Å². The number of phenols is 1. The molecular formula is C18H18N4O2. The second-order valence-corrected chi connectivity index (χ2v) is 5.60. The number of para-hydroxylation sites is 1. The largest absolute Gasteiger partial charge is 0.506 e. The van der Waals surface area contributed by atoms with Crippen molar-refractivity contribution < 1.29 is 5.11 Å². The molecule has 0 saturated carbocycles. The van der Waals surface area contributed by atoms with Crippen molar-refractivity contribution in [1.29, 1.82) is 0 Å². The molecule has 1 N–H and O–H groups in total. The summed E-state index contributed by atoms with van der Waals surface area (Å²) in [5.41, 5.74) is 2.74. The van der Waals surface area contributed by atoms with E-state index in [9.17, 15) is 9.90 Å². The Labute approximate surface area is 139 Å². The van der Waals surface area contributed by atoms with E-state index in [0.29, 0.717) is 11.4 Å². The van der Waals surface area contributed by atoms with E-state index in [2.05, 4.69) is 10.2 Å². The molecule has 6 nitrogen and oxygen atoms in total. The van der Waals surface area contributed by atoms with E-state index in [1.165, 1.54) is 0 Å². The Morgan fingerprint density at radius 2 is 1.71 bits per heavy atom. The molecule has 24 heavy (non-hydrogen) atoms. The van der Waals surface area contributed by atoms with Gasteiger partial charge in [0.25, 0.3) is 5.56 Å². The summed E-state index contributed by atoms with van der Waals surface area (Å²) in [6, 6.07) is 14.4. The third-order valence-corrected chi connectivity index (χ3v) is 3.91. The highest BCUT2D eigenvalue weighted by Gasteiger charge is 2.15. The van der Waals surface area contributed by atoms with Crippen LogP contribution in [0.1, 0.15) is 11.3 Å². The van der Waals surface area contributed by atoms with E-state index < -0.39 is 0 Å². The molecular weight excluding hydrogens is 304 g/mol. The molecule has 0 saturated heterocycles. The van der Waals surface area contributed by atoms with E-state index in [1.54, 1.807) is 34.6 Å². The number of aromatic hydroxyl groups is 1. The Morgan fingerprint density at radius 3 is 2.42 bits per heavy atom. The molecule has 0 atom stereocenters. The third-order valence-electron chi connectivity index (χ3n) is 3.91. The van der Waals surface area contributed by atoms with Gasteiger partial charge in [-0.1, -0.05) is 24.3 Å². The van der Waals surface area contributed by atoms with Crippen molar-refractivity contribution in [2.75, 3.05) is 0 Å². The molecule has 3 rings (SSSR count). The molecule has 6 heteroatoms. The van der Waals surface area contributed by atoms with Gasteiger partial charge in [-0.05, 0) is 43.7 Å². The Kier molecular flexibility index (Phi) is 4.04. The van der Waals surface area contributed by atoms with E-state index in [1.807, 2.05) is 44.2 Å². The molecule has 0 radical (unpaired) electrons. The second-order valence-electron chi connectivity index (χ2n) is 5.60.